The van der Waals surface area contributed by atoms with E-state index in [0.717, 1.165) is 5.56 Å². The minimum atomic E-state index is -0.788. The Morgan fingerprint density at radius 2 is 1.64 bits per heavy atom. The third-order valence-corrected chi connectivity index (χ3v) is 5.01. The number of phenols is 1. The van der Waals surface area contributed by atoms with Gasteiger partial charge in [0.1, 0.15) is 17.4 Å². The number of aromatic nitrogens is 2. The molecule has 3 aromatic carbocycles. The summed E-state index contributed by atoms with van der Waals surface area (Å²) < 4.78 is 15.4. The van der Waals surface area contributed by atoms with E-state index in [0.29, 0.717) is 16.9 Å². The number of phenolic OH excluding ortho intramolecular Hbond substituents is 1. The Balaban J connectivity index is 2.14. The highest BCUT2D eigenvalue weighted by atomic mass is 19.1. The number of rotatable bonds is 3. The van der Waals surface area contributed by atoms with Gasteiger partial charge in [-0.15, -0.1) is 0 Å². The largest absolute Gasteiger partial charge is 0.507 e. The van der Waals surface area contributed by atoms with Gasteiger partial charge in [0.05, 0.1) is 22.0 Å². The van der Waals surface area contributed by atoms with Crippen LogP contribution in [0, 0.1) is 5.82 Å². The van der Waals surface area contributed by atoms with Gasteiger partial charge >= 0.3 is 0 Å². The first-order chi connectivity index (χ1) is 13.4. The van der Waals surface area contributed by atoms with Gasteiger partial charge < -0.3 is 5.11 Å². The van der Waals surface area contributed by atoms with Crippen LogP contribution < -0.4 is 5.56 Å². The third-order valence-electron chi connectivity index (χ3n) is 5.01. The summed E-state index contributed by atoms with van der Waals surface area (Å²) in [7, 11) is 0. The average Bonchev–Trinajstić information content (AvgIpc) is 2.69. The monoisotopic (exact) mass is 374 g/mol. The van der Waals surface area contributed by atoms with Crippen molar-refractivity contribution in [1.29, 1.82) is 0 Å². The van der Waals surface area contributed by atoms with Crippen molar-refractivity contribution in [3.8, 4) is 17.1 Å². The van der Waals surface area contributed by atoms with Gasteiger partial charge in [-0.1, -0.05) is 42.5 Å². The first kappa shape index (κ1) is 17.9. The Bertz CT molecular complexity index is 1230. The van der Waals surface area contributed by atoms with E-state index in [-0.39, 0.29) is 16.7 Å². The molecule has 0 unspecified atom stereocenters. The van der Waals surface area contributed by atoms with Crippen LogP contribution in [0.25, 0.3) is 22.3 Å². The van der Waals surface area contributed by atoms with Gasteiger partial charge in [-0.3, -0.25) is 9.36 Å². The molecule has 4 rings (SSSR count). The molecule has 4 nitrogen and oxygen atoms in total. The number of para-hydroxylation sites is 1. The molecule has 0 aliphatic carbocycles. The number of benzene rings is 3. The molecule has 0 radical (unpaired) electrons. The molecule has 0 saturated carbocycles. The predicted molar refractivity (Wildman–Crippen MR) is 108 cm³/mol. The molecule has 0 fully saturated rings. The number of aromatic hydroxyl groups is 1. The number of fused-ring (bicyclic) bond motifs is 1. The van der Waals surface area contributed by atoms with Gasteiger partial charge in [-0.2, -0.15) is 0 Å². The maximum absolute atomic E-state index is 13.8. The van der Waals surface area contributed by atoms with E-state index < -0.39 is 11.4 Å². The van der Waals surface area contributed by atoms with Crippen LogP contribution in [0.1, 0.15) is 19.4 Å². The van der Waals surface area contributed by atoms with E-state index in [1.54, 1.807) is 24.3 Å². The Labute approximate surface area is 161 Å². The molecule has 1 N–H and O–H groups in total. The molecular formula is C23H19FN2O2. The highest BCUT2D eigenvalue weighted by Gasteiger charge is 2.29. The van der Waals surface area contributed by atoms with E-state index in [9.17, 15) is 14.3 Å². The van der Waals surface area contributed by atoms with Crippen molar-refractivity contribution in [2.75, 3.05) is 0 Å². The van der Waals surface area contributed by atoms with E-state index in [2.05, 4.69) is 4.98 Å². The van der Waals surface area contributed by atoms with Gasteiger partial charge in [-0.25, -0.2) is 9.37 Å². The molecule has 4 aromatic rings. The van der Waals surface area contributed by atoms with Crippen LogP contribution in [0.5, 0.6) is 5.75 Å². The van der Waals surface area contributed by atoms with E-state index >= 15 is 0 Å². The number of nitrogens with zero attached hydrogens (tertiary/aromatic N) is 2. The zero-order valence-electron chi connectivity index (χ0n) is 15.6. The van der Waals surface area contributed by atoms with Crippen molar-refractivity contribution in [2.24, 2.45) is 0 Å². The normalized spacial score (nSPS) is 11.7. The fraction of sp³-hybridized carbons (Fsp3) is 0.130. The average molecular weight is 374 g/mol. The molecule has 0 aliphatic rings. The van der Waals surface area contributed by atoms with Crippen molar-refractivity contribution < 1.29 is 9.50 Å². The van der Waals surface area contributed by atoms with Crippen LogP contribution in [0.15, 0.2) is 77.6 Å². The Morgan fingerprint density at radius 3 is 2.36 bits per heavy atom. The quantitative estimate of drug-likeness (QED) is 0.566. The second-order valence-corrected chi connectivity index (χ2v) is 7.18. The highest BCUT2D eigenvalue weighted by molar-refractivity contribution is 5.80. The summed E-state index contributed by atoms with van der Waals surface area (Å²) in [4.78, 5) is 18.1. The molecule has 1 heterocycles. The van der Waals surface area contributed by atoms with Gasteiger partial charge in [0.2, 0.25) is 0 Å². The fourth-order valence-corrected chi connectivity index (χ4v) is 3.49. The SMILES string of the molecule is CC(C)(c1ccccc1)n1c(-c2ccccc2O)nc2ccc(F)cc2c1=O. The van der Waals surface area contributed by atoms with Crippen LogP contribution in [-0.2, 0) is 5.54 Å². The molecule has 5 heteroatoms. The van der Waals surface area contributed by atoms with Crippen molar-refractivity contribution in [3.05, 3.63) is 94.5 Å². The predicted octanol–water partition coefficient (Wildman–Crippen LogP) is 4.69. The summed E-state index contributed by atoms with van der Waals surface area (Å²) in [6.45, 7) is 3.81. The van der Waals surface area contributed by atoms with Crippen LogP contribution in [0.3, 0.4) is 0 Å². The highest BCUT2D eigenvalue weighted by Crippen LogP contribution is 2.33. The maximum atomic E-state index is 13.8. The van der Waals surface area contributed by atoms with Crippen LogP contribution >= 0.6 is 0 Å². The summed E-state index contributed by atoms with van der Waals surface area (Å²) in [6.07, 6.45) is 0. The Kier molecular flexibility index (Phi) is 4.23. The minimum Gasteiger partial charge on any atom is -0.507 e. The zero-order valence-corrected chi connectivity index (χ0v) is 15.6. The first-order valence-corrected chi connectivity index (χ1v) is 8.96. The molecular weight excluding hydrogens is 355 g/mol. The van der Waals surface area contributed by atoms with Gasteiger partial charge in [0.25, 0.3) is 5.56 Å². The van der Waals surface area contributed by atoms with E-state index in [1.807, 2.05) is 44.2 Å². The molecule has 28 heavy (non-hydrogen) atoms. The summed E-state index contributed by atoms with van der Waals surface area (Å²) >= 11 is 0. The second kappa shape index (κ2) is 6.60. The zero-order chi connectivity index (χ0) is 19.9. The molecule has 140 valence electrons. The number of hydrogen-bond acceptors (Lipinski definition) is 3. The molecule has 1 aromatic heterocycles. The first-order valence-electron chi connectivity index (χ1n) is 8.96. The van der Waals surface area contributed by atoms with Crippen molar-refractivity contribution >= 4 is 10.9 Å². The number of halogens is 1. The lowest BCUT2D eigenvalue weighted by atomic mass is 9.93. The molecule has 0 atom stereocenters. The summed E-state index contributed by atoms with van der Waals surface area (Å²) in [5.74, 6) is -0.143. The summed E-state index contributed by atoms with van der Waals surface area (Å²) in [5.41, 5.74) is 0.561. The van der Waals surface area contributed by atoms with E-state index in [1.165, 1.54) is 22.8 Å². The molecule has 0 aliphatic heterocycles. The van der Waals surface area contributed by atoms with Crippen molar-refractivity contribution in [1.82, 2.24) is 9.55 Å². The van der Waals surface area contributed by atoms with Crippen molar-refractivity contribution in [3.63, 3.8) is 0 Å². The number of hydrogen-bond donors (Lipinski definition) is 1. The lowest BCUT2D eigenvalue weighted by molar-refractivity contribution is 0.422. The van der Waals surface area contributed by atoms with Crippen LogP contribution in [0.2, 0.25) is 0 Å². The van der Waals surface area contributed by atoms with Crippen LogP contribution in [0.4, 0.5) is 4.39 Å². The molecule has 0 amide bonds. The summed E-state index contributed by atoms with van der Waals surface area (Å²) in [5, 5.41) is 10.6. The molecule has 0 spiro atoms. The second-order valence-electron chi connectivity index (χ2n) is 7.18. The summed E-state index contributed by atoms with van der Waals surface area (Å²) in [6, 6.07) is 20.3. The van der Waals surface area contributed by atoms with Crippen molar-refractivity contribution in [2.45, 2.75) is 19.4 Å². The third kappa shape index (κ3) is 2.85. The van der Waals surface area contributed by atoms with Gasteiger partial charge in [0, 0.05) is 0 Å². The lowest BCUT2D eigenvalue weighted by Gasteiger charge is -2.31. The minimum absolute atomic E-state index is 0.0217. The maximum Gasteiger partial charge on any atom is 0.262 e. The fourth-order valence-electron chi connectivity index (χ4n) is 3.49. The van der Waals surface area contributed by atoms with E-state index in [4.69, 9.17) is 0 Å². The van der Waals surface area contributed by atoms with Gasteiger partial charge in [0.15, 0.2) is 0 Å². The van der Waals surface area contributed by atoms with Gasteiger partial charge in [-0.05, 0) is 49.7 Å². The topological polar surface area (TPSA) is 55.1 Å². The Hall–Kier alpha value is -3.47. The standard InChI is InChI=1S/C23H19FN2O2/c1-23(2,15-8-4-3-5-9-15)26-21(17-10-6-7-11-20(17)27)25-19-13-12-16(24)14-18(19)22(26)28/h3-14,27H,1-2H3. The Morgan fingerprint density at radius 1 is 0.964 bits per heavy atom. The molecule has 0 bridgehead atoms. The lowest BCUT2D eigenvalue weighted by Crippen LogP contribution is -2.39. The molecule has 0 saturated heterocycles. The van der Waals surface area contributed by atoms with Crippen LogP contribution in [-0.4, -0.2) is 14.7 Å². The smallest absolute Gasteiger partial charge is 0.262 e.